The zero-order valence-corrected chi connectivity index (χ0v) is 11.0. The van der Waals surface area contributed by atoms with E-state index in [0.717, 1.165) is 12.1 Å². The summed E-state index contributed by atoms with van der Waals surface area (Å²) in [5.41, 5.74) is 5.43. The summed E-state index contributed by atoms with van der Waals surface area (Å²) in [4.78, 5) is 15.2. The first kappa shape index (κ1) is 14.1. The van der Waals surface area contributed by atoms with Crippen LogP contribution in [0.2, 0.25) is 0 Å². The monoisotopic (exact) mass is 306 g/mol. The van der Waals surface area contributed by atoms with Gasteiger partial charge in [0.15, 0.2) is 5.65 Å². The Labute approximate surface area is 122 Å². The number of carbonyl (C=O) groups is 1. The molecule has 0 bridgehead atoms. The van der Waals surface area contributed by atoms with Gasteiger partial charge in [-0.25, -0.2) is 9.50 Å². The molecule has 0 spiro atoms. The van der Waals surface area contributed by atoms with Crippen molar-refractivity contribution in [3.63, 3.8) is 0 Å². The van der Waals surface area contributed by atoms with Crippen LogP contribution in [0, 0.1) is 0 Å². The van der Waals surface area contributed by atoms with Crippen molar-refractivity contribution in [3.8, 4) is 11.3 Å². The molecule has 0 aliphatic rings. The van der Waals surface area contributed by atoms with Gasteiger partial charge in [-0.2, -0.15) is 18.3 Å². The summed E-state index contributed by atoms with van der Waals surface area (Å²) in [6, 6.07) is 7.86. The Morgan fingerprint density at radius 3 is 2.64 bits per heavy atom. The molecular formula is C14H9F3N4O. The summed E-state index contributed by atoms with van der Waals surface area (Å²) in [6.07, 6.45) is -3.17. The number of hydrogen-bond donors (Lipinski definition) is 1. The Morgan fingerprint density at radius 2 is 1.95 bits per heavy atom. The van der Waals surface area contributed by atoms with Crippen LogP contribution < -0.4 is 5.73 Å². The average molecular weight is 306 g/mol. The predicted octanol–water partition coefficient (Wildman–Crippen LogP) is 2.51. The normalized spacial score (nSPS) is 11.8. The van der Waals surface area contributed by atoms with Gasteiger partial charge < -0.3 is 5.73 Å². The maximum atomic E-state index is 12.8. The van der Waals surface area contributed by atoms with Gasteiger partial charge in [0.2, 0.25) is 0 Å². The number of aromatic nitrogens is 3. The minimum absolute atomic E-state index is 0.0591. The number of amides is 1. The molecular weight excluding hydrogens is 297 g/mol. The van der Waals surface area contributed by atoms with E-state index in [2.05, 4.69) is 10.1 Å². The zero-order chi connectivity index (χ0) is 15.9. The molecule has 0 saturated heterocycles. The van der Waals surface area contributed by atoms with E-state index in [1.165, 1.54) is 28.9 Å². The number of benzene rings is 1. The molecule has 2 heterocycles. The molecule has 1 amide bonds. The Hall–Kier alpha value is -2.90. The Bertz CT molecular complexity index is 870. The third kappa shape index (κ3) is 2.39. The van der Waals surface area contributed by atoms with Crippen molar-refractivity contribution < 1.29 is 18.0 Å². The van der Waals surface area contributed by atoms with Crippen molar-refractivity contribution in [2.75, 3.05) is 0 Å². The fourth-order valence-electron chi connectivity index (χ4n) is 2.05. The van der Waals surface area contributed by atoms with E-state index in [4.69, 9.17) is 5.73 Å². The third-order valence-electron chi connectivity index (χ3n) is 3.10. The van der Waals surface area contributed by atoms with Gasteiger partial charge in [0, 0.05) is 5.56 Å². The number of rotatable bonds is 2. The Balaban J connectivity index is 2.14. The standard InChI is InChI=1S/C14H9F3N4O/c15-14(16,17)9-3-1-2-8(6-9)10-4-5-12-19-7-11(13(18)22)21(12)20-10/h1-7H,(H2,18,22). The number of fused-ring (bicyclic) bond motifs is 1. The van der Waals surface area contributed by atoms with Gasteiger partial charge in [0.05, 0.1) is 17.5 Å². The summed E-state index contributed by atoms with van der Waals surface area (Å²) in [5.74, 6) is -0.721. The summed E-state index contributed by atoms with van der Waals surface area (Å²) >= 11 is 0. The highest BCUT2D eigenvalue weighted by Gasteiger charge is 2.30. The molecule has 1 aromatic carbocycles. The molecule has 2 N–H and O–H groups in total. The van der Waals surface area contributed by atoms with Crippen molar-refractivity contribution in [1.29, 1.82) is 0 Å². The largest absolute Gasteiger partial charge is 0.416 e. The number of carbonyl (C=O) groups excluding carboxylic acids is 1. The van der Waals surface area contributed by atoms with Gasteiger partial charge in [0.25, 0.3) is 5.91 Å². The fourth-order valence-corrected chi connectivity index (χ4v) is 2.05. The van der Waals surface area contributed by atoms with Gasteiger partial charge in [-0.15, -0.1) is 0 Å². The second-order valence-electron chi connectivity index (χ2n) is 4.57. The molecule has 0 fully saturated rings. The quantitative estimate of drug-likeness (QED) is 0.790. The van der Waals surface area contributed by atoms with Crippen LogP contribution in [-0.4, -0.2) is 20.5 Å². The van der Waals surface area contributed by atoms with Gasteiger partial charge in [-0.05, 0) is 24.3 Å². The second-order valence-corrected chi connectivity index (χ2v) is 4.57. The molecule has 5 nitrogen and oxygen atoms in total. The lowest BCUT2D eigenvalue weighted by Crippen LogP contribution is -2.15. The topological polar surface area (TPSA) is 73.3 Å². The maximum Gasteiger partial charge on any atom is 0.416 e. The number of primary amides is 1. The van der Waals surface area contributed by atoms with Gasteiger partial charge in [0.1, 0.15) is 5.69 Å². The first-order chi connectivity index (χ1) is 10.4. The van der Waals surface area contributed by atoms with Crippen LogP contribution in [0.3, 0.4) is 0 Å². The molecule has 8 heteroatoms. The lowest BCUT2D eigenvalue weighted by molar-refractivity contribution is -0.137. The van der Waals surface area contributed by atoms with Gasteiger partial charge >= 0.3 is 6.18 Å². The van der Waals surface area contributed by atoms with Crippen molar-refractivity contribution in [3.05, 3.63) is 53.9 Å². The van der Waals surface area contributed by atoms with Crippen LogP contribution in [0.5, 0.6) is 0 Å². The van der Waals surface area contributed by atoms with Crippen LogP contribution in [0.1, 0.15) is 16.1 Å². The van der Waals surface area contributed by atoms with Crippen LogP contribution in [0.25, 0.3) is 16.9 Å². The van der Waals surface area contributed by atoms with E-state index >= 15 is 0 Å². The molecule has 0 radical (unpaired) electrons. The SMILES string of the molecule is NC(=O)c1cnc2ccc(-c3cccc(C(F)(F)F)c3)nn12. The van der Waals surface area contributed by atoms with E-state index in [9.17, 15) is 18.0 Å². The van der Waals surface area contributed by atoms with E-state index < -0.39 is 17.6 Å². The first-order valence-corrected chi connectivity index (χ1v) is 6.18. The lowest BCUT2D eigenvalue weighted by atomic mass is 10.1. The number of hydrogen-bond acceptors (Lipinski definition) is 3. The number of nitrogens with zero attached hydrogens (tertiary/aromatic N) is 3. The van der Waals surface area contributed by atoms with Crippen LogP contribution in [-0.2, 0) is 6.18 Å². The Kier molecular flexibility index (Phi) is 3.09. The van der Waals surface area contributed by atoms with Crippen LogP contribution in [0.4, 0.5) is 13.2 Å². The molecule has 3 aromatic rings. The minimum Gasteiger partial charge on any atom is -0.364 e. The van der Waals surface area contributed by atoms with Crippen molar-refractivity contribution in [1.82, 2.24) is 14.6 Å². The van der Waals surface area contributed by atoms with Crippen LogP contribution >= 0.6 is 0 Å². The molecule has 3 rings (SSSR count). The van der Waals surface area contributed by atoms with E-state index in [-0.39, 0.29) is 17.0 Å². The highest BCUT2D eigenvalue weighted by Crippen LogP contribution is 2.31. The molecule has 0 unspecified atom stereocenters. The second kappa shape index (κ2) is 4.83. The number of imidazole rings is 1. The smallest absolute Gasteiger partial charge is 0.364 e. The van der Waals surface area contributed by atoms with E-state index in [1.807, 2.05) is 0 Å². The summed E-state index contributed by atoms with van der Waals surface area (Å²) in [6.45, 7) is 0. The molecule has 0 saturated carbocycles. The molecule has 112 valence electrons. The van der Waals surface area contributed by atoms with Crippen molar-refractivity contribution >= 4 is 11.6 Å². The molecule has 22 heavy (non-hydrogen) atoms. The molecule has 0 aliphatic heterocycles. The van der Waals surface area contributed by atoms with E-state index in [1.54, 1.807) is 6.07 Å². The maximum absolute atomic E-state index is 12.8. The summed E-state index contributed by atoms with van der Waals surface area (Å²) in [7, 11) is 0. The highest BCUT2D eigenvalue weighted by atomic mass is 19.4. The summed E-state index contributed by atoms with van der Waals surface area (Å²) in [5, 5.41) is 4.14. The predicted molar refractivity (Wildman–Crippen MR) is 71.9 cm³/mol. The van der Waals surface area contributed by atoms with Crippen molar-refractivity contribution in [2.24, 2.45) is 5.73 Å². The number of halogens is 3. The lowest BCUT2D eigenvalue weighted by Gasteiger charge is -2.08. The first-order valence-electron chi connectivity index (χ1n) is 6.18. The molecule has 0 aliphatic carbocycles. The van der Waals surface area contributed by atoms with Gasteiger partial charge in [-0.1, -0.05) is 12.1 Å². The van der Waals surface area contributed by atoms with Gasteiger partial charge in [-0.3, -0.25) is 4.79 Å². The number of nitrogens with two attached hydrogens (primary N) is 1. The van der Waals surface area contributed by atoms with Crippen molar-refractivity contribution in [2.45, 2.75) is 6.18 Å². The highest BCUT2D eigenvalue weighted by molar-refractivity contribution is 5.91. The number of alkyl halides is 3. The van der Waals surface area contributed by atoms with E-state index in [0.29, 0.717) is 5.65 Å². The third-order valence-corrected chi connectivity index (χ3v) is 3.10. The van der Waals surface area contributed by atoms with Crippen LogP contribution in [0.15, 0.2) is 42.6 Å². The average Bonchev–Trinajstić information content (AvgIpc) is 2.89. The summed E-state index contributed by atoms with van der Waals surface area (Å²) < 4.78 is 39.5. The Morgan fingerprint density at radius 1 is 1.18 bits per heavy atom. The minimum atomic E-state index is -4.44. The molecule has 0 atom stereocenters. The molecule has 2 aromatic heterocycles. The fraction of sp³-hybridized carbons (Fsp3) is 0.0714. The zero-order valence-electron chi connectivity index (χ0n) is 11.0.